The lowest BCUT2D eigenvalue weighted by Crippen LogP contribution is -2.06. The Morgan fingerprint density at radius 3 is 1.43 bits per heavy atom. The van der Waals surface area contributed by atoms with Gasteiger partial charge in [-0.15, -0.1) is 0 Å². The Kier molecular flexibility index (Phi) is 21.4. The van der Waals surface area contributed by atoms with Crippen LogP contribution in [0.2, 0.25) is 0 Å². The summed E-state index contributed by atoms with van der Waals surface area (Å²) in [6.45, 7) is 0. The first kappa shape index (κ1) is 44.3. The zero-order chi connectivity index (χ0) is 36.9. The Hall–Kier alpha value is -2.71. The van der Waals surface area contributed by atoms with Crippen LogP contribution in [0.15, 0.2) is 30.3 Å². The third-order valence-corrected chi connectivity index (χ3v) is 8.70. The molecule has 2 aromatic carbocycles. The average molecular weight is 819 g/mol. The predicted molar refractivity (Wildman–Crippen MR) is 185 cm³/mol. The fourth-order valence-corrected chi connectivity index (χ4v) is 5.84. The molecule has 0 fully saturated rings. The van der Waals surface area contributed by atoms with Crippen molar-refractivity contribution in [1.29, 1.82) is 0 Å². The molecule has 0 heterocycles. The van der Waals surface area contributed by atoms with Crippen LogP contribution in [0.3, 0.4) is 0 Å². The van der Waals surface area contributed by atoms with E-state index in [-0.39, 0.29) is 24.3 Å². The Labute approximate surface area is 299 Å². The van der Waals surface area contributed by atoms with Crippen molar-refractivity contribution in [2.75, 3.05) is 14.2 Å². The average Bonchev–Trinajstić information content (AvgIpc) is 3.04. The Bertz CT molecular complexity index is 1270. The lowest BCUT2D eigenvalue weighted by molar-refractivity contribution is -0.136. The van der Waals surface area contributed by atoms with E-state index in [1.54, 1.807) is 18.2 Å². The highest BCUT2D eigenvalue weighted by Gasteiger charge is 2.26. The summed E-state index contributed by atoms with van der Waals surface area (Å²) in [7, 11) is 2.63. The molecule has 0 spiro atoms. The number of phenolic OH excluding ortho intramolecular Hbond substituents is 2. The summed E-state index contributed by atoms with van der Waals surface area (Å²) in [6, 6.07) is 7.89. The molecule has 6 nitrogen and oxygen atoms in total. The summed E-state index contributed by atoms with van der Waals surface area (Å²) in [5, 5.41) is 19.9. The molecule has 0 bridgehead atoms. The molecule has 2 N–H and O–H groups in total. The number of aromatic hydroxyl groups is 2. The van der Waals surface area contributed by atoms with Crippen molar-refractivity contribution < 1.29 is 55.6 Å². The highest BCUT2D eigenvalue weighted by atomic mass is 127. The summed E-state index contributed by atoms with van der Waals surface area (Å²) in [5.41, 5.74) is 2.26. The molecule has 0 saturated carbocycles. The van der Waals surface area contributed by atoms with Crippen LogP contribution in [0, 0.1) is 3.57 Å². The minimum atomic E-state index is -4.04. The van der Waals surface area contributed by atoms with Crippen LogP contribution in [-0.4, -0.2) is 48.7 Å². The molecule has 0 radical (unpaired) electrons. The quantitative estimate of drug-likeness (QED) is 0.0598. The van der Waals surface area contributed by atoms with Gasteiger partial charge in [0, 0.05) is 12.8 Å². The molecule has 0 aliphatic rings. The molecule has 278 valence electrons. The number of carbonyl (C=O) groups excluding carboxylic acids is 2. The number of carbonyl (C=O) groups is 2. The SMILES string of the molecule is COC(=O)c1cc(I)c(O)c(CCCCCCCCCC(F)(F)F)c1.COC(=O)c1ccc(O)c(CCCCCCCCCC(F)(F)F)c1. The molecule has 0 atom stereocenters. The lowest BCUT2D eigenvalue weighted by atomic mass is 10.0. The van der Waals surface area contributed by atoms with Gasteiger partial charge in [0.05, 0.1) is 28.9 Å². The third-order valence-electron chi connectivity index (χ3n) is 7.88. The van der Waals surface area contributed by atoms with Gasteiger partial charge < -0.3 is 19.7 Å². The van der Waals surface area contributed by atoms with Gasteiger partial charge in [0.15, 0.2) is 0 Å². The molecule has 2 rings (SSSR count). The second-order valence-electron chi connectivity index (χ2n) is 12.0. The first-order valence-electron chi connectivity index (χ1n) is 16.7. The number of phenols is 2. The molecule has 0 amide bonds. The Balaban J connectivity index is 0.000000490. The van der Waals surface area contributed by atoms with E-state index in [1.165, 1.54) is 26.4 Å². The topological polar surface area (TPSA) is 93.1 Å². The van der Waals surface area contributed by atoms with Crippen LogP contribution in [0.4, 0.5) is 26.3 Å². The summed E-state index contributed by atoms with van der Waals surface area (Å²) in [4.78, 5) is 23.1. The molecule has 0 aromatic heterocycles. The van der Waals surface area contributed by atoms with E-state index >= 15 is 0 Å². The van der Waals surface area contributed by atoms with E-state index < -0.39 is 37.1 Å². The van der Waals surface area contributed by atoms with Crippen molar-refractivity contribution in [3.05, 3.63) is 56.2 Å². The van der Waals surface area contributed by atoms with Crippen molar-refractivity contribution in [2.45, 2.75) is 128 Å². The van der Waals surface area contributed by atoms with E-state index in [0.717, 1.165) is 69.8 Å². The number of hydrogen-bond acceptors (Lipinski definition) is 6. The molecule has 0 aliphatic carbocycles. The standard InChI is InChI=1S/C18H24F3IO3.C18H25F3O3/c1-25-17(24)14-11-13(16(23)15(22)12-14)9-7-5-3-2-4-6-8-10-18(19,20)21;1-24-17(23)15-10-11-16(22)14(13-15)9-7-5-3-2-4-6-8-12-18(19,20)21/h11-12,23H,2-10H2,1H3;10-11,13,22H,2-9,12H2,1H3. The van der Waals surface area contributed by atoms with Gasteiger partial charge in [0.25, 0.3) is 0 Å². The normalized spacial score (nSPS) is 11.5. The van der Waals surface area contributed by atoms with E-state index in [1.807, 2.05) is 22.6 Å². The minimum Gasteiger partial charge on any atom is -0.508 e. The number of halogens is 7. The van der Waals surface area contributed by atoms with Crippen molar-refractivity contribution in [3.63, 3.8) is 0 Å². The van der Waals surface area contributed by atoms with E-state index in [4.69, 9.17) is 4.74 Å². The number of hydrogen-bond donors (Lipinski definition) is 2. The van der Waals surface area contributed by atoms with Gasteiger partial charge in [-0.2, -0.15) is 26.3 Å². The third kappa shape index (κ3) is 20.5. The van der Waals surface area contributed by atoms with Crippen LogP contribution < -0.4 is 0 Å². The molecule has 13 heteroatoms. The zero-order valence-electron chi connectivity index (χ0n) is 28.3. The number of aryl methyl sites for hydroxylation is 2. The fraction of sp³-hybridized carbons (Fsp3) is 0.611. The van der Waals surface area contributed by atoms with E-state index in [0.29, 0.717) is 45.9 Å². The summed E-state index contributed by atoms with van der Waals surface area (Å²) < 4.78 is 81.9. The first-order valence-corrected chi connectivity index (χ1v) is 17.8. The number of alkyl halides is 6. The summed E-state index contributed by atoms with van der Waals surface area (Å²) >= 11 is 1.98. The van der Waals surface area contributed by atoms with Gasteiger partial charge in [-0.3, -0.25) is 0 Å². The first-order chi connectivity index (χ1) is 23.1. The van der Waals surface area contributed by atoms with Gasteiger partial charge in [-0.05, 0) is 103 Å². The van der Waals surface area contributed by atoms with E-state index in [9.17, 15) is 46.1 Å². The van der Waals surface area contributed by atoms with Gasteiger partial charge in [-0.1, -0.05) is 64.2 Å². The second kappa shape index (κ2) is 23.7. The van der Waals surface area contributed by atoms with Crippen molar-refractivity contribution in [2.24, 2.45) is 0 Å². The summed E-state index contributed by atoms with van der Waals surface area (Å²) in [5.74, 6) is -0.511. The zero-order valence-corrected chi connectivity index (χ0v) is 30.4. The number of methoxy groups -OCH3 is 2. The minimum absolute atomic E-state index is 0.162. The Morgan fingerprint density at radius 1 is 0.592 bits per heavy atom. The van der Waals surface area contributed by atoms with Gasteiger partial charge in [0.1, 0.15) is 11.5 Å². The molecule has 2 aromatic rings. The molecular formula is C36H49F6IO6. The number of benzene rings is 2. The molecule has 0 saturated heterocycles. The molecular weight excluding hydrogens is 769 g/mol. The number of ether oxygens (including phenoxy) is 2. The highest BCUT2D eigenvalue weighted by molar-refractivity contribution is 14.1. The van der Waals surface area contributed by atoms with Crippen molar-refractivity contribution in [3.8, 4) is 11.5 Å². The van der Waals surface area contributed by atoms with Crippen molar-refractivity contribution in [1.82, 2.24) is 0 Å². The van der Waals surface area contributed by atoms with Crippen LogP contribution in [-0.2, 0) is 22.3 Å². The predicted octanol–water partition coefficient (Wildman–Crippen LogP) is 11.4. The fourth-order valence-electron chi connectivity index (χ4n) is 5.16. The lowest BCUT2D eigenvalue weighted by Gasteiger charge is -2.09. The second-order valence-corrected chi connectivity index (χ2v) is 13.1. The molecule has 49 heavy (non-hydrogen) atoms. The number of rotatable bonds is 20. The van der Waals surface area contributed by atoms with Crippen LogP contribution >= 0.6 is 22.6 Å². The number of unbranched alkanes of at least 4 members (excludes halogenated alkanes) is 12. The van der Waals surface area contributed by atoms with Crippen LogP contribution in [0.25, 0.3) is 0 Å². The molecule has 0 unspecified atom stereocenters. The number of esters is 2. The maximum Gasteiger partial charge on any atom is 0.389 e. The molecule has 0 aliphatic heterocycles. The van der Waals surface area contributed by atoms with Gasteiger partial charge in [0.2, 0.25) is 0 Å². The Morgan fingerprint density at radius 2 is 0.980 bits per heavy atom. The highest BCUT2D eigenvalue weighted by Crippen LogP contribution is 2.29. The van der Waals surface area contributed by atoms with Crippen LogP contribution in [0.1, 0.15) is 135 Å². The van der Waals surface area contributed by atoms with Crippen molar-refractivity contribution >= 4 is 34.5 Å². The monoisotopic (exact) mass is 818 g/mol. The smallest absolute Gasteiger partial charge is 0.389 e. The van der Waals surface area contributed by atoms with E-state index in [2.05, 4.69) is 4.74 Å². The maximum absolute atomic E-state index is 12.0. The van der Waals surface area contributed by atoms with Crippen LogP contribution in [0.5, 0.6) is 11.5 Å². The van der Waals surface area contributed by atoms with Gasteiger partial charge in [-0.25, -0.2) is 9.59 Å². The summed E-state index contributed by atoms with van der Waals surface area (Å²) in [6.07, 6.45) is 2.48. The van der Waals surface area contributed by atoms with Gasteiger partial charge >= 0.3 is 24.3 Å². The maximum atomic E-state index is 12.0. The largest absolute Gasteiger partial charge is 0.508 e.